The summed E-state index contributed by atoms with van der Waals surface area (Å²) in [7, 11) is 3.08. The minimum Gasteiger partial charge on any atom is -0.497 e. The van der Waals surface area contributed by atoms with Crippen molar-refractivity contribution in [3.8, 4) is 11.5 Å². The third-order valence-corrected chi connectivity index (χ3v) is 4.16. The maximum Gasteiger partial charge on any atom is 0.274 e. The predicted molar refractivity (Wildman–Crippen MR) is 108 cm³/mol. The first-order chi connectivity index (χ1) is 13.6. The Kier molecular flexibility index (Phi) is 6.29. The molecule has 0 bridgehead atoms. The number of nitrogens with zero attached hydrogens (tertiary/aromatic N) is 2. The lowest BCUT2D eigenvalue weighted by Crippen LogP contribution is -2.16. The fourth-order valence-corrected chi connectivity index (χ4v) is 2.58. The normalized spacial score (nSPS) is 10.2. The molecule has 1 aromatic heterocycles. The van der Waals surface area contributed by atoms with Crippen LogP contribution in [0.15, 0.2) is 54.7 Å². The van der Waals surface area contributed by atoms with Gasteiger partial charge in [-0.2, -0.15) is 0 Å². The molecule has 8 heteroatoms. The maximum atomic E-state index is 12.6. The summed E-state index contributed by atoms with van der Waals surface area (Å²) in [5.74, 6) is 1.08. The van der Waals surface area contributed by atoms with Gasteiger partial charge in [0, 0.05) is 23.8 Å². The number of ether oxygens (including phenoxy) is 2. The number of amides is 1. The number of carbonyl (C=O) groups excluding carboxylic acids is 1. The van der Waals surface area contributed by atoms with Crippen LogP contribution in [-0.2, 0) is 6.54 Å². The van der Waals surface area contributed by atoms with Gasteiger partial charge in [0.25, 0.3) is 5.91 Å². The second-order valence-corrected chi connectivity index (χ2v) is 6.20. The summed E-state index contributed by atoms with van der Waals surface area (Å²) in [6.45, 7) is 0.506. The average Bonchev–Trinajstić information content (AvgIpc) is 2.73. The standard InChI is InChI=1S/C20H19ClN4O3/c1-27-15-7-8-18(28-2)17(11-15)24-19(26)16-9-10-22-20(25-16)23-12-13-3-5-14(21)6-4-13/h3-11H,12H2,1-2H3,(H,24,26)(H,22,23,25). The Hall–Kier alpha value is -3.32. The van der Waals surface area contributed by atoms with Crippen LogP contribution in [0.25, 0.3) is 0 Å². The number of anilines is 2. The molecule has 1 amide bonds. The summed E-state index contributed by atoms with van der Waals surface area (Å²) >= 11 is 5.89. The number of hydrogen-bond donors (Lipinski definition) is 2. The second-order valence-electron chi connectivity index (χ2n) is 5.77. The number of nitrogens with one attached hydrogen (secondary N) is 2. The molecule has 144 valence electrons. The minimum absolute atomic E-state index is 0.221. The van der Waals surface area contributed by atoms with Gasteiger partial charge in [-0.25, -0.2) is 9.97 Å². The number of carbonyl (C=O) groups is 1. The van der Waals surface area contributed by atoms with Crippen LogP contribution < -0.4 is 20.1 Å². The summed E-state index contributed by atoms with van der Waals surface area (Å²) in [6, 6.07) is 14.1. The fraction of sp³-hybridized carbons (Fsp3) is 0.150. The van der Waals surface area contributed by atoms with Crippen LogP contribution in [0.5, 0.6) is 11.5 Å². The number of aromatic nitrogens is 2. The maximum absolute atomic E-state index is 12.6. The predicted octanol–water partition coefficient (Wildman–Crippen LogP) is 4.01. The zero-order valence-corrected chi connectivity index (χ0v) is 16.2. The quantitative estimate of drug-likeness (QED) is 0.625. The Morgan fingerprint density at radius 2 is 1.86 bits per heavy atom. The summed E-state index contributed by atoms with van der Waals surface area (Å²) < 4.78 is 10.5. The van der Waals surface area contributed by atoms with Gasteiger partial charge >= 0.3 is 0 Å². The van der Waals surface area contributed by atoms with E-state index in [9.17, 15) is 4.79 Å². The van der Waals surface area contributed by atoms with E-state index in [0.717, 1.165) is 5.56 Å². The summed E-state index contributed by atoms with van der Waals surface area (Å²) in [5.41, 5.74) is 1.73. The number of benzene rings is 2. The highest BCUT2D eigenvalue weighted by Gasteiger charge is 2.13. The zero-order chi connectivity index (χ0) is 19.9. The molecule has 3 rings (SSSR count). The molecular formula is C20H19ClN4O3. The van der Waals surface area contributed by atoms with Crippen molar-refractivity contribution in [1.82, 2.24) is 9.97 Å². The van der Waals surface area contributed by atoms with E-state index in [0.29, 0.717) is 34.7 Å². The molecule has 0 atom stereocenters. The van der Waals surface area contributed by atoms with Gasteiger partial charge in [-0.05, 0) is 35.9 Å². The molecule has 0 spiro atoms. The van der Waals surface area contributed by atoms with E-state index in [-0.39, 0.29) is 11.6 Å². The molecular weight excluding hydrogens is 380 g/mol. The Balaban J connectivity index is 1.71. The fourth-order valence-electron chi connectivity index (χ4n) is 2.45. The third kappa shape index (κ3) is 4.89. The lowest BCUT2D eigenvalue weighted by Gasteiger charge is -2.12. The number of methoxy groups -OCH3 is 2. The first kappa shape index (κ1) is 19.4. The van der Waals surface area contributed by atoms with Gasteiger partial charge in [-0.1, -0.05) is 23.7 Å². The Morgan fingerprint density at radius 1 is 1.07 bits per heavy atom. The van der Waals surface area contributed by atoms with Gasteiger partial charge in [0.1, 0.15) is 17.2 Å². The molecule has 2 N–H and O–H groups in total. The van der Waals surface area contributed by atoms with E-state index >= 15 is 0 Å². The average molecular weight is 399 g/mol. The SMILES string of the molecule is COc1ccc(OC)c(NC(=O)c2ccnc(NCc3ccc(Cl)cc3)n2)c1. The van der Waals surface area contributed by atoms with Crippen molar-refractivity contribution in [3.05, 3.63) is 71.0 Å². The van der Waals surface area contributed by atoms with Crippen LogP contribution >= 0.6 is 11.6 Å². The highest BCUT2D eigenvalue weighted by molar-refractivity contribution is 6.30. The van der Waals surface area contributed by atoms with Crippen molar-refractivity contribution in [2.45, 2.75) is 6.54 Å². The van der Waals surface area contributed by atoms with Crippen molar-refractivity contribution in [2.75, 3.05) is 24.9 Å². The Bertz CT molecular complexity index is 964. The lowest BCUT2D eigenvalue weighted by molar-refractivity contribution is 0.102. The molecule has 0 aliphatic carbocycles. The first-order valence-electron chi connectivity index (χ1n) is 8.44. The summed E-state index contributed by atoms with van der Waals surface area (Å²) in [5, 5.41) is 6.55. The molecule has 0 radical (unpaired) electrons. The largest absolute Gasteiger partial charge is 0.497 e. The molecule has 0 aliphatic rings. The van der Waals surface area contributed by atoms with Crippen LogP contribution in [0.3, 0.4) is 0 Å². The van der Waals surface area contributed by atoms with Crippen molar-refractivity contribution >= 4 is 29.1 Å². The molecule has 3 aromatic rings. The van der Waals surface area contributed by atoms with E-state index in [4.69, 9.17) is 21.1 Å². The molecule has 0 saturated carbocycles. The van der Waals surface area contributed by atoms with Crippen molar-refractivity contribution < 1.29 is 14.3 Å². The number of rotatable bonds is 7. The topological polar surface area (TPSA) is 85.4 Å². The Labute approximate surface area is 167 Å². The lowest BCUT2D eigenvalue weighted by atomic mass is 10.2. The van der Waals surface area contributed by atoms with Crippen molar-refractivity contribution in [3.63, 3.8) is 0 Å². The van der Waals surface area contributed by atoms with E-state index < -0.39 is 0 Å². The van der Waals surface area contributed by atoms with Crippen molar-refractivity contribution in [1.29, 1.82) is 0 Å². The van der Waals surface area contributed by atoms with Crippen molar-refractivity contribution in [2.24, 2.45) is 0 Å². The minimum atomic E-state index is -0.386. The zero-order valence-electron chi connectivity index (χ0n) is 15.4. The molecule has 0 saturated heterocycles. The van der Waals surface area contributed by atoms with Crippen LogP contribution in [0.4, 0.5) is 11.6 Å². The molecule has 1 heterocycles. The molecule has 0 aliphatic heterocycles. The molecule has 7 nitrogen and oxygen atoms in total. The molecule has 0 fully saturated rings. The van der Waals surface area contributed by atoms with E-state index in [1.807, 2.05) is 24.3 Å². The molecule has 0 unspecified atom stereocenters. The van der Waals surface area contributed by atoms with Gasteiger partial charge in [-0.15, -0.1) is 0 Å². The van der Waals surface area contributed by atoms with Crippen LogP contribution in [0.1, 0.15) is 16.1 Å². The van der Waals surface area contributed by atoms with Gasteiger partial charge in [0.15, 0.2) is 0 Å². The second kappa shape index (κ2) is 9.05. The van der Waals surface area contributed by atoms with Gasteiger partial charge in [0.2, 0.25) is 5.95 Å². The van der Waals surface area contributed by atoms with Gasteiger partial charge in [0.05, 0.1) is 19.9 Å². The molecule has 28 heavy (non-hydrogen) atoms. The third-order valence-electron chi connectivity index (χ3n) is 3.91. The smallest absolute Gasteiger partial charge is 0.274 e. The van der Waals surface area contributed by atoms with Crippen LogP contribution in [-0.4, -0.2) is 30.1 Å². The van der Waals surface area contributed by atoms with Crippen LogP contribution in [0, 0.1) is 0 Å². The summed E-state index contributed by atoms with van der Waals surface area (Å²) in [6.07, 6.45) is 1.52. The number of halogens is 1. The Morgan fingerprint density at radius 3 is 2.57 bits per heavy atom. The van der Waals surface area contributed by atoms with E-state index in [2.05, 4.69) is 20.6 Å². The first-order valence-corrected chi connectivity index (χ1v) is 8.81. The van der Waals surface area contributed by atoms with Crippen LogP contribution in [0.2, 0.25) is 5.02 Å². The summed E-state index contributed by atoms with van der Waals surface area (Å²) in [4.78, 5) is 21.0. The highest BCUT2D eigenvalue weighted by Crippen LogP contribution is 2.29. The van der Waals surface area contributed by atoms with Gasteiger partial charge in [-0.3, -0.25) is 4.79 Å². The van der Waals surface area contributed by atoms with Gasteiger partial charge < -0.3 is 20.1 Å². The van der Waals surface area contributed by atoms with E-state index in [1.165, 1.54) is 19.4 Å². The monoisotopic (exact) mass is 398 g/mol. The van der Waals surface area contributed by atoms with E-state index in [1.54, 1.807) is 25.3 Å². The number of hydrogen-bond acceptors (Lipinski definition) is 6. The molecule has 2 aromatic carbocycles. The highest BCUT2D eigenvalue weighted by atomic mass is 35.5.